The molecule has 0 aliphatic carbocycles. The number of H-pyrrole nitrogens is 1. The molecule has 3 aromatic rings. The van der Waals surface area contributed by atoms with E-state index in [0.29, 0.717) is 30.3 Å². The summed E-state index contributed by atoms with van der Waals surface area (Å²) in [5.74, 6) is 0.830. The molecule has 0 spiro atoms. The lowest BCUT2D eigenvalue weighted by Gasteiger charge is -2.23. The van der Waals surface area contributed by atoms with Crippen molar-refractivity contribution in [1.29, 1.82) is 0 Å². The van der Waals surface area contributed by atoms with Gasteiger partial charge in [0.05, 0.1) is 6.54 Å². The number of fused-ring (bicyclic) bond motifs is 1. The number of aromatic nitrogens is 4. The highest BCUT2D eigenvalue weighted by Crippen LogP contribution is 2.36. The van der Waals surface area contributed by atoms with E-state index in [0.717, 1.165) is 38.1 Å². The van der Waals surface area contributed by atoms with Gasteiger partial charge in [0.25, 0.3) is 5.56 Å². The number of thiophene rings is 1. The van der Waals surface area contributed by atoms with Crippen LogP contribution in [0.15, 0.2) is 21.7 Å². The van der Waals surface area contributed by atoms with Crippen molar-refractivity contribution in [2.75, 3.05) is 6.54 Å². The predicted molar refractivity (Wildman–Crippen MR) is 112 cm³/mol. The number of likely N-dealkylation sites (tertiary alicyclic amines) is 1. The highest BCUT2D eigenvalue weighted by Gasteiger charge is 2.29. The number of nitrogens with zero attached hydrogens (tertiary/aromatic N) is 4. The first-order valence-electron chi connectivity index (χ1n) is 9.98. The standard InChI is InChI=1S/C20H27N5O2S/c1-4-5-11-25-18-17(19(26)22-20(25)27)23(3)16(21-18)12-24-10-6-7-14(24)15-9-8-13(2)28-15/h8-9,14H,4-7,10-12H2,1-3H3,(H,22,26,27). The highest BCUT2D eigenvalue weighted by molar-refractivity contribution is 7.12. The molecule has 0 radical (unpaired) electrons. The fourth-order valence-corrected chi connectivity index (χ4v) is 5.16. The summed E-state index contributed by atoms with van der Waals surface area (Å²) in [7, 11) is 1.87. The van der Waals surface area contributed by atoms with Crippen LogP contribution in [0.3, 0.4) is 0 Å². The Balaban J connectivity index is 1.71. The minimum absolute atomic E-state index is 0.360. The van der Waals surface area contributed by atoms with Crippen LogP contribution in [0.25, 0.3) is 11.2 Å². The van der Waals surface area contributed by atoms with Gasteiger partial charge >= 0.3 is 5.69 Å². The molecule has 1 aliphatic heterocycles. The molecule has 28 heavy (non-hydrogen) atoms. The van der Waals surface area contributed by atoms with Crippen molar-refractivity contribution in [3.63, 3.8) is 0 Å². The van der Waals surface area contributed by atoms with Crippen LogP contribution in [-0.2, 0) is 20.1 Å². The molecular weight excluding hydrogens is 374 g/mol. The zero-order valence-corrected chi connectivity index (χ0v) is 17.5. The number of rotatable bonds is 6. The van der Waals surface area contributed by atoms with Gasteiger partial charge in [0, 0.05) is 29.4 Å². The summed E-state index contributed by atoms with van der Waals surface area (Å²) in [5.41, 5.74) is 0.250. The van der Waals surface area contributed by atoms with E-state index < -0.39 is 0 Å². The third kappa shape index (κ3) is 3.35. The molecule has 8 heteroatoms. The highest BCUT2D eigenvalue weighted by atomic mass is 32.1. The van der Waals surface area contributed by atoms with E-state index in [9.17, 15) is 9.59 Å². The molecule has 1 aliphatic rings. The maximum Gasteiger partial charge on any atom is 0.330 e. The summed E-state index contributed by atoms with van der Waals surface area (Å²) < 4.78 is 3.46. The lowest BCUT2D eigenvalue weighted by molar-refractivity contribution is 0.243. The Kier molecular flexibility index (Phi) is 5.25. The van der Waals surface area contributed by atoms with Crippen LogP contribution in [0.1, 0.15) is 54.2 Å². The lowest BCUT2D eigenvalue weighted by Crippen LogP contribution is -2.31. The third-order valence-corrected chi connectivity index (χ3v) is 6.74. The van der Waals surface area contributed by atoms with Crippen molar-refractivity contribution in [1.82, 2.24) is 24.0 Å². The van der Waals surface area contributed by atoms with Crippen LogP contribution >= 0.6 is 11.3 Å². The van der Waals surface area contributed by atoms with Gasteiger partial charge in [-0.1, -0.05) is 13.3 Å². The first-order chi connectivity index (χ1) is 13.5. The molecule has 3 aromatic heterocycles. The smallest absolute Gasteiger partial charge is 0.324 e. The number of unbranched alkanes of at least 4 members (excludes halogenated alkanes) is 1. The van der Waals surface area contributed by atoms with E-state index in [1.807, 2.05) is 23.0 Å². The Morgan fingerprint density at radius 1 is 1.32 bits per heavy atom. The second kappa shape index (κ2) is 7.67. The van der Waals surface area contributed by atoms with Crippen LogP contribution in [-0.4, -0.2) is 30.5 Å². The van der Waals surface area contributed by atoms with Gasteiger partial charge in [0.2, 0.25) is 0 Å². The van der Waals surface area contributed by atoms with E-state index in [2.05, 4.69) is 35.9 Å². The molecule has 0 saturated carbocycles. The van der Waals surface area contributed by atoms with Crippen molar-refractivity contribution in [2.45, 2.75) is 58.7 Å². The van der Waals surface area contributed by atoms with Crippen LogP contribution < -0.4 is 11.2 Å². The van der Waals surface area contributed by atoms with Gasteiger partial charge in [0.1, 0.15) is 5.82 Å². The van der Waals surface area contributed by atoms with Gasteiger partial charge in [-0.2, -0.15) is 0 Å². The van der Waals surface area contributed by atoms with Crippen LogP contribution in [0.4, 0.5) is 0 Å². The van der Waals surface area contributed by atoms with Crippen LogP contribution in [0.2, 0.25) is 0 Å². The monoisotopic (exact) mass is 401 g/mol. The van der Waals surface area contributed by atoms with E-state index >= 15 is 0 Å². The number of aromatic amines is 1. The number of imidazole rings is 1. The first kappa shape index (κ1) is 19.1. The molecule has 1 N–H and O–H groups in total. The Bertz CT molecular complexity index is 1110. The van der Waals surface area contributed by atoms with Gasteiger partial charge in [0.15, 0.2) is 11.2 Å². The predicted octanol–water partition coefficient (Wildman–Crippen LogP) is 2.93. The molecule has 7 nitrogen and oxygen atoms in total. The fourth-order valence-electron chi connectivity index (χ4n) is 4.11. The number of aryl methyl sites for hydroxylation is 3. The van der Waals surface area contributed by atoms with E-state index in [-0.39, 0.29) is 11.2 Å². The van der Waals surface area contributed by atoms with Crippen molar-refractivity contribution < 1.29 is 0 Å². The molecule has 0 amide bonds. The fraction of sp³-hybridized carbons (Fsp3) is 0.550. The second-order valence-electron chi connectivity index (χ2n) is 7.60. The molecule has 1 unspecified atom stereocenters. The number of nitrogens with one attached hydrogen (secondary N) is 1. The van der Waals surface area contributed by atoms with E-state index in [4.69, 9.17) is 4.98 Å². The Morgan fingerprint density at radius 3 is 2.86 bits per heavy atom. The molecule has 4 heterocycles. The third-order valence-electron chi connectivity index (χ3n) is 5.64. The topological polar surface area (TPSA) is 75.9 Å². The average Bonchev–Trinajstić information content (AvgIpc) is 3.35. The van der Waals surface area contributed by atoms with Crippen molar-refractivity contribution in [3.8, 4) is 0 Å². The summed E-state index contributed by atoms with van der Waals surface area (Å²) in [6, 6.07) is 4.81. The largest absolute Gasteiger partial charge is 0.330 e. The first-order valence-corrected chi connectivity index (χ1v) is 10.8. The maximum absolute atomic E-state index is 12.4. The molecule has 1 fully saturated rings. The summed E-state index contributed by atoms with van der Waals surface area (Å²) in [5, 5.41) is 0. The van der Waals surface area contributed by atoms with Gasteiger partial charge in [-0.25, -0.2) is 9.78 Å². The van der Waals surface area contributed by atoms with Crippen LogP contribution in [0, 0.1) is 6.92 Å². The maximum atomic E-state index is 12.4. The van der Waals surface area contributed by atoms with Crippen LogP contribution in [0.5, 0.6) is 0 Å². The van der Waals surface area contributed by atoms with E-state index in [1.54, 1.807) is 4.57 Å². The van der Waals surface area contributed by atoms with Gasteiger partial charge < -0.3 is 4.57 Å². The zero-order chi connectivity index (χ0) is 19.8. The molecule has 150 valence electrons. The van der Waals surface area contributed by atoms with Gasteiger partial charge in [-0.05, 0) is 44.9 Å². The zero-order valence-electron chi connectivity index (χ0n) is 16.7. The summed E-state index contributed by atoms with van der Waals surface area (Å²) in [6.45, 7) is 6.48. The van der Waals surface area contributed by atoms with Crippen molar-refractivity contribution in [3.05, 3.63) is 48.5 Å². The second-order valence-corrected chi connectivity index (χ2v) is 8.92. The molecular formula is C20H27N5O2S. The molecule has 4 rings (SSSR count). The molecule has 1 saturated heterocycles. The van der Waals surface area contributed by atoms with Gasteiger partial charge in [-0.15, -0.1) is 11.3 Å². The molecule has 0 bridgehead atoms. The minimum atomic E-state index is -0.372. The SMILES string of the molecule is CCCCn1c(=O)[nH]c(=O)c2c1nc(CN1CCCC1c1ccc(C)s1)n2C. The minimum Gasteiger partial charge on any atom is -0.324 e. The lowest BCUT2D eigenvalue weighted by atomic mass is 10.2. The molecule has 0 aromatic carbocycles. The normalized spacial score (nSPS) is 17.8. The molecule has 1 atom stereocenters. The summed E-state index contributed by atoms with van der Waals surface area (Å²) in [4.78, 5) is 37.1. The van der Waals surface area contributed by atoms with Gasteiger partial charge in [-0.3, -0.25) is 19.2 Å². The average molecular weight is 402 g/mol. The summed E-state index contributed by atoms with van der Waals surface area (Å²) in [6.07, 6.45) is 4.15. The number of hydrogen-bond acceptors (Lipinski definition) is 5. The Hall–Kier alpha value is -2.19. The Labute approximate surface area is 167 Å². The number of hydrogen-bond donors (Lipinski definition) is 1. The van der Waals surface area contributed by atoms with Crippen molar-refractivity contribution in [2.24, 2.45) is 7.05 Å². The quantitative estimate of drug-likeness (QED) is 0.689. The van der Waals surface area contributed by atoms with E-state index in [1.165, 1.54) is 9.75 Å². The van der Waals surface area contributed by atoms with Crippen molar-refractivity contribution >= 4 is 22.5 Å². The summed E-state index contributed by atoms with van der Waals surface area (Å²) >= 11 is 1.86. The Morgan fingerprint density at radius 2 is 2.14 bits per heavy atom.